The van der Waals surface area contributed by atoms with Crippen LogP contribution in [0.5, 0.6) is 5.75 Å². The average Bonchev–Trinajstić information content (AvgIpc) is 2.90. The molecule has 0 spiro atoms. The van der Waals surface area contributed by atoms with E-state index in [4.69, 9.17) is 10.5 Å². The largest absolute Gasteiger partial charge is 0.493 e. The van der Waals surface area contributed by atoms with Crippen LogP contribution in [0.25, 0.3) is 11.3 Å². The summed E-state index contributed by atoms with van der Waals surface area (Å²) in [6.45, 7) is 6.73. The average molecular weight is 276 g/mol. The number of nitrogens with zero attached hydrogens (tertiary/aromatic N) is 1. The van der Waals surface area contributed by atoms with E-state index in [1.54, 1.807) is 11.3 Å². The van der Waals surface area contributed by atoms with E-state index in [1.165, 1.54) is 0 Å². The van der Waals surface area contributed by atoms with Crippen LogP contribution in [0.3, 0.4) is 0 Å². The van der Waals surface area contributed by atoms with Crippen LogP contribution in [0.4, 0.5) is 0 Å². The Morgan fingerprint density at radius 3 is 2.74 bits per heavy atom. The molecule has 1 unspecified atom stereocenters. The summed E-state index contributed by atoms with van der Waals surface area (Å²) in [6.07, 6.45) is 0.868. The molecule has 102 valence electrons. The second-order valence-electron chi connectivity index (χ2n) is 4.74. The number of hydrogen-bond donors (Lipinski definition) is 1. The van der Waals surface area contributed by atoms with Crippen molar-refractivity contribution in [3.63, 3.8) is 0 Å². The normalized spacial score (nSPS) is 14.1. The van der Waals surface area contributed by atoms with Crippen molar-refractivity contribution < 1.29 is 4.74 Å². The Morgan fingerprint density at radius 2 is 2.05 bits per heavy atom. The maximum atomic E-state index is 6.24. The molecule has 19 heavy (non-hydrogen) atoms. The summed E-state index contributed by atoms with van der Waals surface area (Å²) in [7, 11) is 0. The van der Waals surface area contributed by atoms with Gasteiger partial charge < -0.3 is 10.5 Å². The molecule has 1 aromatic heterocycles. The highest BCUT2D eigenvalue weighted by molar-refractivity contribution is 7.10. The van der Waals surface area contributed by atoms with Gasteiger partial charge in [0.25, 0.3) is 0 Å². The lowest BCUT2D eigenvalue weighted by molar-refractivity contribution is 0.341. The third kappa shape index (κ3) is 2.96. The fraction of sp³-hybridized carbons (Fsp3) is 0.400. The van der Waals surface area contributed by atoms with Gasteiger partial charge in [-0.2, -0.15) is 0 Å². The van der Waals surface area contributed by atoms with E-state index in [0.717, 1.165) is 28.4 Å². The number of thiazole rings is 1. The van der Waals surface area contributed by atoms with Gasteiger partial charge in [0.2, 0.25) is 0 Å². The highest BCUT2D eigenvalue weighted by atomic mass is 32.1. The summed E-state index contributed by atoms with van der Waals surface area (Å²) >= 11 is 1.61. The first kappa shape index (κ1) is 14.0. The first-order valence-electron chi connectivity index (χ1n) is 6.55. The van der Waals surface area contributed by atoms with Crippen molar-refractivity contribution in [2.24, 2.45) is 5.73 Å². The standard InChI is InChI=1S/C15H20N2OS/c1-4-15(3,16)14-17-12(10-19-14)11-8-6-7-9-13(11)18-5-2/h6-10H,4-5,16H2,1-3H3. The minimum Gasteiger partial charge on any atom is -0.493 e. The second-order valence-corrected chi connectivity index (χ2v) is 5.60. The summed E-state index contributed by atoms with van der Waals surface area (Å²) in [6, 6.07) is 7.97. The number of hydrogen-bond acceptors (Lipinski definition) is 4. The molecule has 1 atom stereocenters. The number of nitrogens with two attached hydrogens (primary N) is 1. The van der Waals surface area contributed by atoms with Crippen LogP contribution in [0.15, 0.2) is 29.6 Å². The Labute approximate surface area is 118 Å². The quantitative estimate of drug-likeness (QED) is 0.903. The van der Waals surface area contributed by atoms with Gasteiger partial charge in [-0.05, 0) is 32.4 Å². The number of para-hydroxylation sites is 1. The molecule has 0 bridgehead atoms. The molecule has 3 nitrogen and oxygen atoms in total. The van der Waals surface area contributed by atoms with E-state index in [2.05, 4.69) is 11.9 Å². The number of benzene rings is 1. The third-order valence-electron chi connectivity index (χ3n) is 3.19. The molecule has 0 amide bonds. The minimum absolute atomic E-state index is 0.358. The van der Waals surface area contributed by atoms with Crippen molar-refractivity contribution in [3.05, 3.63) is 34.7 Å². The summed E-state index contributed by atoms with van der Waals surface area (Å²) in [5.41, 5.74) is 7.85. The zero-order valence-electron chi connectivity index (χ0n) is 11.6. The van der Waals surface area contributed by atoms with E-state index in [-0.39, 0.29) is 5.54 Å². The minimum atomic E-state index is -0.358. The first-order valence-corrected chi connectivity index (χ1v) is 7.43. The van der Waals surface area contributed by atoms with Crippen LogP contribution in [0.1, 0.15) is 32.2 Å². The predicted molar refractivity (Wildman–Crippen MR) is 80.5 cm³/mol. The van der Waals surface area contributed by atoms with Crippen molar-refractivity contribution in [1.29, 1.82) is 0 Å². The topological polar surface area (TPSA) is 48.1 Å². The lowest BCUT2D eigenvalue weighted by atomic mass is 10.0. The van der Waals surface area contributed by atoms with Crippen LogP contribution < -0.4 is 10.5 Å². The van der Waals surface area contributed by atoms with Gasteiger partial charge in [0.1, 0.15) is 10.8 Å². The zero-order chi connectivity index (χ0) is 13.9. The van der Waals surface area contributed by atoms with E-state index in [0.29, 0.717) is 6.61 Å². The molecule has 1 heterocycles. The van der Waals surface area contributed by atoms with Gasteiger partial charge >= 0.3 is 0 Å². The predicted octanol–water partition coefficient (Wildman–Crippen LogP) is 3.79. The molecule has 2 aromatic rings. The van der Waals surface area contributed by atoms with Gasteiger partial charge in [-0.25, -0.2) is 4.98 Å². The van der Waals surface area contributed by atoms with Crippen LogP contribution in [0, 0.1) is 0 Å². The van der Waals surface area contributed by atoms with Crippen molar-refractivity contribution in [2.75, 3.05) is 6.61 Å². The molecule has 0 fully saturated rings. The summed E-state index contributed by atoms with van der Waals surface area (Å²) < 4.78 is 5.65. The van der Waals surface area contributed by atoms with Gasteiger partial charge in [-0.1, -0.05) is 19.1 Å². The zero-order valence-corrected chi connectivity index (χ0v) is 12.5. The van der Waals surface area contributed by atoms with E-state index in [1.807, 2.05) is 43.5 Å². The second kappa shape index (κ2) is 5.72. The van der Waals surface area contributed by atoms with Gasteiger partial charge in [-0.3, -0.25) is 0 Å². The smallest absolute Gasteiger partial charge is 0.128 e. The molecule has 1 aromatic carbocycles. The maximum Gasteiger partial charge on any atom is 0.128 e. The Bertz CT molecular complexity index is 549. The summed E-state index contributed by atoms with van der Waals surface area (Å²) in [5.74, 6) is 0.872. The SMILES string of the molecule is CCOc1ccccc1-c1csc(C(C)(N)CC)n1. The van der Waals surface area contributed by atoms with Gasteiger partial charge in [0.15, 0.2) is 0 Å². The molecule has 0 saturated carbocycles. The molecule has 0 aliphatic carbocycles. The molecule has 4 heteroatoms. The Balaban J connectivity index is 2.38. The van der Waals surface area contributed by atoms with Gasteiger partial charge in [0.05, 0.1) is 17.8 Å². The van der Waals surface area contributed by atoms with Gasteiger partial charge in [-0.15, -0.1) is 11.3 Å². The fourth-order valence-electron chi connectivity index (χ4n) is 1.77. The Kier molecular flexibility index (Phi) is 4.22. The summed E-state index contributed by atoms with van der Waals surface area (Å²) in [5, 5.41) is 3.02. The molecular formula is C15H20N2OS. The number of aromatic nitrogens is 1. The highest BCUT2D eigenvalue weighted by Gasteiger charge is 2.23. The Morgan fingerprint density at radius 1 is 1.32 bits per heavy atom. The highest BCUT2D eigenvalue weighted by Crippen LogP contribution is 2.33. The van der Waals surface area contributed by atoms with Gasteiger partial charge in [0, 0.05) is 10.9 Å². The van der Waals surface area contributed by atoms with Crippen molar-refractivity contribution in [3.8, 4) is 17.0 Å². The fourth-order valence-corrected chi connectivity index (χ4v) is 2.74. The molecule has 0 aliphatic heterocycles. The van der Waals surface area contributed by atoms with Crippen molar-refractivity contribution in [2.45, 2.75) is 32.7 Å². The van der Waals surface area contributed by atoms with Crippen molar-refractivity contribution >= 4 is 11.3 Å². The molecule has 2 rings (SSSR count). The molecular weight excluding hydrogens is 256 g/mol. The lowest BCUT2D eigenvalue weighted by Crippen LogP contribution is -2.31. The Hall–Kier alpha value is -1.39. The van der Waals surface area contributed by atoms with Crippen LogP contribution in [-0.4, -0.2) is 11.6 Å². The van der Waals surface area contributed by atoms with Crippen LogP contribution in [0.2, 0.25) is 0 Å². The monoisotopic (exact) mass is 276 g/mol. The van der Waals surface area contributed by atoms with Crippen molar-refractivity contribution in [1.82, 2.24) is 4.98 Å². The molecule has 0 radical (unpaired) electrons. The van der Waals surface area contributed by atoms with Crippen LogP contribution >= 0.6 is 11.3 Å². The van der Waals surface area contributed by atoms with E-state index in [9.17, 15) is 0 Å². The van der Waals surface area contributed by atoms with E-state index < -0.39 is 0 Å². The van der Waals surface area contributed by atoms with E-state index >= 15 is 0 Å². The number of rotatable bonds is 5. The first-order chi connectivity index (χ1) is 9.08. The summed E-state index contributed by atoms with van der Waals surface area (Å²) in [4.78, 5) is 4.68. The molecule has 0 aliphatic rings. The third-order valence-corrected chi connectivity index (χ3v) is 4.31. The number of ether oxygens (including phenoxy) is 1. The molecule has 2 N–H and O–H groups in total. The van der Waals surface area contributed by atoms with Crippen LogP contribution in [-0.2, 0) is 5.54 Å². The lowest BCUT2D eigenvalue weighted by Gasteiger charge is -2.19. The maximum absolute atomic E-state index is 6.24. The molecule has 0 saturated heterocycles.